The quantitative estimate of drug-likeness (QED) is 0.408. The number of nitrogens with one attached hydrogen (secondary N) is 2. The van der Waals surface area contributed by atoms with Crippen LogP contribution in [0, 0.1) is 5.82 Å². The summed E-state index contributed by atoms with van der Waals surface area (Å²) in [5.74, 6) is 1.29. The van der Waals surface area contributed by atoms with Gasteiger partial charge in [0.25, 0.3) is 0 Å². The molecule has 0 amide bonds. The van der Waals surface area contributed by atoms with Crippen LogP contribution in [0.15, 0.2) is 29.3 Å². The summed E-state index contributed by atoms with van der Waals surface area (Å²) in [5, 5.41) is 6.61. The lowest BCUT2D eigenvalue weighted by Gasteiger charge is -2.21. The maximum absolute atomic E-state index is 12.8. The van der Waals surface area contributed by atoms with Crippen LogP contribution in [0.25, 0.3) is 0 Å². The van der Waals surface area contributed by atoms with Crippen molar-refractivity contribution in [2.24, 2.45) is 4.99 Å². The fourth-order valence-corrected chi connectivity index (χ4v) is 2.70. The Hall–Kier alpha value is -1.82. The van der Waals surface area contributed by atoms with Crippen molar-refractivity contribution in [3.8, 4) is 5.75 Å². The lowest BCUT2D eigenvalue weighted by Crippen LogP contribution is -2.39. The molecule has 0 aromatic heterocycles. The normalized spacial score (nSPS) is 20.5. The van der Waals surface area contributed by atoms with E-state index < -0.39 is 0 Å². The third-order valence-electron chi connectivity index (χ3n) is 4.16. The summed E-state index contributed by atoms with van der Waals surface area (Å²) in [6, 6.07) is 6.11. The first-order valence-electron chi connectivity index (χ1n) is 9.16. The Bertz CT molecular complexity index is 528. The monoisotopic (exact) mass is 351 g/mol. The number of nitrogens with zero attached hydrogens (tertiary/aromatic N) is 1. The first-order valence-corrected chi connectivity index (χ1v) is 9.16. The van der Waals surface area contributed by atoms with E-state index >= 15 is 0 Å². The van der Waals surface area contributed by atoms with Gasteiger partial charge in [-0.25, -0.2) is 4.39 Å². The van der Waals surface area contributed by atoms with E-state index in [1.807, 2.05) is 0 Å². The van der Waals surface area contributed by atoms with E-state index in [-0.39, 0.29) is 11.4 Å². The van der Waals surface area contributed by atoms with Crippen LogP contribution in [0.2, 0.25) is 0 Å². The molecule has 6 heteroatoms. The summed E-state index contributed by atoms with van der Waals surface area (Å²) < 4.78 is 24.2. The molecule has 0 aliphatic carbocycles. The predicted octanol–water partition coefficient (Wildman–Crippen LogP) is 3.11. The number of rotatable bonds is 9. The lowest BCUT2D eigenvalue weighted by molar-refractivity contribution is 0.0283. The molecule has 1 fully saturated rings. The summed E-state index contributed by atoms with van der Waals surface area (Å²) in [6.07, 6.45) is 4.07. The van der Waals surface area contributed by atoms with Gasteiger partial charge < -0.3 is 20.1 Å². The van der Waals surface area contributed by atoms with Crippen LogP contribution >= 0.6 is 0 Å². The van der Waals surface area contributed by atoms with Crippen molar-refractivity contribution in [2.45, 2.75) is 45.1 Å². The van der Waals surface area contributed by atoms with Gasteiger partial charge in [0.1, 0.15) is 11.6 Å². The molecule has 140 valence electrons. The molecule has 0 saturated carbocycles. The van der Waals surface area contributed by atoms with Gasteiger partial charge in [-0.3, -0.25) is 4.99 Å². The number of guanidine groups is 1. The minimum absolute atomic E-state index is 0.120. The van der Waals surface area contributed by atoms with Gasteiger partial charge in [-0.1, -0.05) is 0 Å². The smallest absolute Gasteiger partial charge is 0.191 e. The van der Waals surface area contributed by atoms with Gasteiger partial charge in [-0.15, -0.1) is 0 Å². The summed E-state index contributed by atoms with van der Waals surface area (Å²) >= 11 is 0. The van der Waals surface area contributed by atoms with E-state index in [2.05, 4.69) is 29.5 Å². The van der Waals surface area contributed by atoms with Crippen LogP contribution in [0.5, 0.6) is 5.75 Å². The third kappa shape index (κ3) is 7.30. The number of hydrogen-bond acceptors (Lipinski definition) is 3. The van der Waals surface area contributed by atoms with Crippen LogP contribution in [-0.4, -0.2) is 44.4 Å². The van der Waals surface area contributed by atoms with Crippen molar-refractivity contribution in [3.63, 3.8) is 0 Å². The molecule has 1 aromatic carbocycles. The van der Waals surface area contributed by atoms with Crippen molar-refractivity contribution in [2.75, 3.05) is 32.8 Å². The SMILES string of the molecule is CCNC(=NCC1(C)CCCO1)NCCCCOc1ccc(F)cc1. The molecule has 25 heavy (non-hydrogen) atoms. The highest BCUT2D eigenvalue weighted by atomic mass is 19.1. The Morgan fingerprint density at radius 2 is 2.08 bits per heavy atom. The van der Waals surface area contributed by atoms with E-state index in [4.69, 9.17) is 9.47 Å². The Labute approximate surface area is 150 Å². The van der Waals surface area contributed by atoms with Gasteiger partial charge in [0, 0.05) is 19.7 Å². The average molecular weight is 351 g/mol. The van der Waals surface area contributed by atoms with Crippen LogP contribution < -0.4 is 15.4 Å². The van der Waals surface area contributed by atoms with Gasteiger partial charge in [0.05, 0.1) is 18.8 Å². The highest BCUT2D eigenvalue weighted by Crippen LogP contribution is 2.24. The van der Waals surface area contributed by atoms with Crippen LogP contribution in [-0.2, 0) is 4.74 Å². The minimum atomic E-state index is -0.247. The van der Waals surface area contributed by atoms with E-state index in [1.54, 1.807) is 12.1 Å². The second-order valence-electron chi connectivity index (χ2n) is 6.53. The van der Waals surface area contributed by atoms with Gasteiger partial charge in [-0.2, -0.15) is 0 Å². The molecule has 2 N–H and O–H groups in total. The van der Waals surface area contributed by atoms with Crippen molar-refractivity contribution in [3.05, 3.63) is 30.1 Å². The highest BCUT2D eigenvalue weighted by molar-refractivity contribution is 5.79. The summed E-state index contributed by atoms with van der Waals surface area (Å²) in [5.41, 5.74) is -0.120. The zero-order valence-electron chi connectivity index (χ0n) is 15.3. The van der Waals surface area contributed by atoms with Gasteiger partial charge in [0.2, 0.25) is 0 Å². The number of halogens is 1. The molecule has 0 spiro atoms. The maximum Gasteiger partial charge on any atom is 0.191 e. The molecule has 1 aliphatic heterocycles. The Kier molecular flexibility index (Phi) is 7.98. The van der Waals surface area contributed by atoms with Crippen LogP contribution in [0.4, 0.5) is 4.39 Å². The Morgan fingerprint density at radius 1 is 1.28 bits per heavy atom. The summed E-state index contributed by atoms with van der Waals surface area (Å²) in [7, 11) is 0. The van der Waals surface area contributed by atoms with E-state index in [9.17, 15) is 4.39 Å². The molecule has 5 nitrogen and oxygen atoms in total. The fourth-order valence-electron chi connectivity index (χ4n) is 2.70. The average Bonchev–Trinajstić information content (AvgIpc) is 3.04. The number of hydrogen-bond donors (Lipinski definition) is 2. The summed E-state index contributed by atoms with van der Waals surface area (Å²) in [4.78, 5) is 4.64. The number of benzene rings is 1. The van der Waals surface area contributed by atoms with Crippen LogP contribution in [0.1, 0.15) is 39.5 Å². The first kappa shape index (κ1) is 19.5. The second kappa shape index (κ2) is 10.2. The van der Waals surface area contributed by atoms with E-state index in [0.29, 0.717) is 18.9 Å². The minimum Gasteiger partial charge on any atom is -0.494 e. The van der Waals surface area contributed by atoms with E-state index in [1.165, 1.54) is 12.1 Å². The third-order valence-corrected chi connectivity index (χ3v) is 4.16. The zero-order chi connectivity index (χ0) is 18.0. The zero-order valence-corrected chi connectivity index (χ0v) is 15.3. The molecule has 2 rings (SSSR count). The number of aliphatic imine (C=N–C) groups is 1. The maximum atomic E-state index is 12.8. The van der Waals surface area contributed by atoms with E-state index in [0.717, 1.165) is 51.3 Å². The molecule has 1 aromatic rings. The van der Waals surface area contributed by atoms with Gasteiger partial charge >= 0.3 is 0 Å². The summed E-state index contributed by atoms with van der Waals surface area (Å²) in [6.45, 7) is 7.97. The topological polar surface area (TPSA) is 54.9 Å². The van der Waals surface area contributed by atoms with Gasteiger partial charge in [-0.05, 0) is 63.8 Å². The first-order chi connectivity index (χ1) is 12.1. The van der Waals surface area contributed by atoms with Crippen LogP contribution in [0.3, 0.4) is 0 Å². The molecule has 0 radical (unpaired) electrons. The molecule has 1 aliphatic rings. The molecule has 1 heterocycles. The highest BCUT2D eigenvalue weighted by Gasteiger charge is 2.29. The molecule has 1 unspecified atom stereocenters. The molecular formula is C19H30FN3O2. The molecular weight excluding hydrogens is 321 g/mol. The molecule has 1 atom stereocenters. The second-order valence-corrected chi connectivity index (χ2v) is 6.53. The predicted molar refractivity (Wildman–Crippen MR) is 98.7 cm³/mol. The standard InChI is InChI=1S/C19H30FN3O2/c1-3-21-18(23-15-19(2)11-6-14-25-19)22-12-4-5-13-24-17-9-7-16(20)8-10-17/h7-10H,3-6,11-15H2,1-2H3,(H2,21,22,23). The fraction of sp³-hybridized carbons (Fsp3) is 0.632. The Balaban J connectivity index is 1.62. The Morgan fingerprint density at radius 3 is 2.76 bits per heavy atom. The number of ether oxygens (including phenoxy) is 2. The number of unbranched alkanes of at least 4 members (excludes halogenated alkanes) is 1. The van der Waals surface area contributed by atoms with Crippen molar-refractivity contribution < 1.29 is 13.9 Å². The van der Waals surface area contributed by atoms with Crippen molar-refractivity contribution >= 4 is 5.96 Å². The van der Waals surface area contributed by atoms with Crippen molar-refractivity contribution in [1.29, 1.82) is 0 Å². The van der Waals surface area contributed by atoms with Gasteiger partial charge in [0.15, 0.2) is 5.96 Å². The molecule has 0 bridgehead atoms. The largest absolute Gasteiger partial charge is 0.494 e. The van der Waals surface area contributed by atoms with Crippen molar-refractivity contribution in [1.82, 2.24) is 10.6 Å². The lowest BCUT2D eigenvalue weighted by atomic mass is 10.0. The molecule has 1 saturated heterocycles.